The zero-order valence-electron chi connectivity index (χ0n) is 13.2. The van der Waals surface area contributed by atoms with Crippen molar-refractivity contribution in [1.29, 1.82) is 0 Å². The molecule has 0 fully saturated rings. The highest BCUT2D eigenvalue weighted by molar-refractivity contribution is 5.91. The molecule has 3 heterocycles. The predicted octanol–water partition coefficient (Wildman–Crippen LogP) is 1.65. The van der Waals surface area contributed by atoms with Gasteiger partial charge in [0, 0.05) is 30.9 Å². The number of nitrogens with one attached hydrogen (secondary N) is 1. The van der Waals surface area contributed by atoms with E-state index in [0.29, 0.717) is 22.8 Å². The molecule has 0 atom stereocenters. The van der Waals surface area contributed by atoms with Crippen LogP contribution < -0.4 is 16.6 Å². The lowest BCUT2D eigenvalue weighted by molar-refractivity contribution is 0.563. The SMILES string of the molecule is Cn1c(=O)cc(NC(C)(C)c2ncccn2)c2cc(N)cnc21. The second-order valence-corrected chi connectivity index (χ2v) is 5.92. The van der Waals surface area contributed by atoms with Gasteiger partial charge in [0.2, 0.25) is 0 Å². The van der Waals surface area contributed by atoms with Crippen molar-refractivity contribution in [3.63, 3.8) is 0 Å². The van der Waals surface area contributed by atoms with E-state index in [1.165, 1.54) is 16.8 Å². The van der Waals surface area contributed by atoms with Crippen molar-refractivity contribution in [2.24, 2.45) is 7.05 Å². The van der Waals surface area contributed by atoms with E-state index in [0.717, 1.165) is 5.39 Å². The molecule has 0 aliphatic heterocycles. The fourth-order valence-electron chi connectivity index (χ4n) is 2.46. The van der Waals surface area contributed by atoms with Crippen LogP contribution in [0.3, 0.4) is 0 Å². The monoisotopic (exact) mass is 310 g/mol. The van der Waals surface area contributed by atoms with Crippen LogP contribution in [0.5, 0.6) is 0 Å². The van der Waals surface area contributed by atoms with Gasteiger partial charge in [0.1, 0.15) is 5.65 Å². The Bertz CT molecular complexity index is 917. The first kappa shape index (κ1) is 15.0. The van der Waals surface area contributed by atoms with Crippen LogP contribution in [0.1, 0.15) is 19.7 Å². The zero-order valence-corrected chi connectivity index (χ0v) is 13.2. The van der Waals surface area contributed by atoms with Crippen LogP contribution in [-0.4, -0.2) is 19.5 Å². The van der Waals surface area contributed by atoms with E-state index in [1.807, 2.05) is 13.8 Å². The quantitative estimate of drug-likeness (QED) is 0.763. The molecule has 0 saturated carbocycles. The first-order valence-electron chi connectivity index (χ1n) is 7.19. The molecule has 0 bridgehead atoms. The minimum absolute atomic E-state index is 0.151. The lowest BCUT2D eigenvalue weighted by atomic mass is 10.0. The molecule has 3 aromatic heterocycles. The Labute approximate surface area is 133 Å². The maximum Gasteiger partial charge on any atom is 0.253 e. The van der Waals surface area contributed by atoms with Gasteiger partial charge >= 0.3 is 0 Å². The number of hydrogen-bond acceptors (Lipinski definition) is 6. The number of pyridine rings is 2. The summed E-state index contributed by atoms with van der Waals surface area (Å²) < 4.78 is 1.49. The molecule has 7 nitrogen and oxygen atoms in total. The number of aryl methyl sites for hydroxylation is 1. The van der Waals surface area contributed by atoms with Crippen LogP contribution in [0, 0.1) is 0 Å². The van der Waals surface area contributed by atoms with Gasteiger partial charge in [-0.3, -0.25) is 9.36 Å². The molecule has 3 rings (SSSR count). The number of nitrogens with zero attached hydrogens (tertiary/aromatic N) is 4. The molecule has 0 amide bonds. The molecule has 7 heteroatoms. The molecule has 0 spiro atoms. The normalized spacial score (nSPS) is 11.6. The molecule has 0 radical (unpaired) electrons. The highest BCUT2D eigenvalue weighted by Gasteiger charge is 2.24. The van der Waals surface area contributed by atoms with E-state index in [-0.39, 0.29) is 5.56 Å². The van der Waals surface area contributed by atoms with Crippen LogP contribution >= 0.6 is 0 Å². The van der Waals surface area contributed by atoms with Gasteiger partial charge in [-0.05, 0) is 26.0 Å². The Kier molecular flexibility index (Phi) is 3.48. The maximum atomic E-state index is 12.2. The van der Waals surface area contributed by atoms with Crippen molar-refractivity contribution in [3.05, 3.63) is 53.0 Å². The first-order chi connectivity index (χ1) is 10.9. The summed E-state index contributed by atoms with van der Waals surface area (Å²) in [6, 6.07) is 5.10. The Morgan fingerprint density at radius 1 is 1.17 bits per heavy atom. The topological polar surface area (TPSA) is 98.7 Å². The van der Waals surface area contributed by atoms with Gasteiger partial charge in [-0.2, -0.15) is 0 Å². The molecule has 0 aromatic carbocycles. The summed E-state index contributed by atoms with van der Waals surface area (Å²) in [5.41, 5.74) is 6.89. The van der Waals surface area contributed by atoms with E-state index < -0.39 is 5.54 Å². The van der Waals surface area contributed by atoms with Crippen LogP contribution in [-0.2, 0) is 12.6 Å². The third-order valence-electron chi connectivity index (χ3n) is 3.67. The zero-order chi connectivity index (χ0) is 16.6. The molecule has 23 heavy (non-hydrogen) atoms. The smallest absolute Gasteiger partial charge is 0.253 e. The summed E-state index contributed by atoms with van der Waals surface area (Å²) in [4.78, 5) is 25.0. The van der Waals surface area contributed by atoms with Crippen LogP contribution in [0.25, 0.3) is 11.0 Å². The van der Waals surface area contributed by atoms with Gasteiger partial charge in [0.15, 0.2) is 5.82 Å². The summed E-state index contributed by atoms with van der Waals surface area (Å²) >= 11 is 0. The summed E-state index contributed by atoms with van der Waals surface area (Å²) in [5.74, 6) is 0.630. The fourth-order valence-corrected chi connectivity index (χ4v) is 2.46. The molecule has 0 aliphatic carbocycles. The minimum Gasteiger partial charge on any atom is -0.397 e. The van der Waals surface area contributed by atoms with Gasteiger partial charge in [-0.15, -0.1) is 0 Å². The third kappa shape index (κ3) is 2.73. The largest absolute Gasteiger partial charge is 0.397 e. The van der Waals surface area contributed by atoms with Gasteiger partial charge in [0.25, 0.3) is 5.56 Å². The number of hydrogen-bond donors (Lipinski definition) is 2. The summed E-state index contributed by atoms with van der Waals surface area (Å²) in [5, 5.41) is 4.11. The van der Waals surface area contributed by atoms with Crippen molar-refractivity contribution >= 4 is 22.4 Å². The average molecular weight is 310 g/mol. The van der Waals surface area contributed by atoms with E-state index in [4.69, 9.17) is 5.73 Å². The minimum atomic E-state index is -0.564. The van der Waals surface area contributed by atoms with Crippen molar-refractivity contribution in [1.82, 2.24) is 19.5 Å². The van der Waals surface area contributed by atoms with E-state index in [1.54, 1.807) is 31.6 Å². The van der Waals surface area contributed by atoms with Crippen LogP contribution in [0.4, 0.5) is 11.4 Å². The lowest BCUT2D eigenvalue weighted by Crippen LogP contribution is -2.31. The molecule has 118 valence electrons. The fraction of sp³-hybridized carbons (Fsp3) is 0.250. The second-order valence-electron chi connectivity index (χ2n) is 5.92. The second kappa shape index (κ2) is 5.35. The van der Waals surface area contributed by atoms with Crippen molar-refractivity contribution in [2.45, 2.75) is 19.4 Å². The Morgan fingerprint density at radius 3 is 2.57 bits per heavy atom. The Morgan fingerprint density at radius 2 is 1.87 bits per heavy atom. The number of fused-ring (bicyclic) bond motifs is 1. The van der Waals surface area contributed by atoms with Crippen LogP contribution in [0.15, 0.2) is 41.6 Å². The summed E-state index contributed by atoms with van der Waals surface area (Å²) in [6.07, 6.45) is 4.91. The van der Waals surface area contributed by atoms with Crippen molar-refractivity contribution < 1.29 is 0 Å². The van der Waals surface area contributed by atoms with E-state index in [9.17, 15) is 4.79 Å². The highest BCUT2D eigenvalue weighted by Crippen LogP contribution is 2.27. The molecule has 3 N–H and O–H groups in total. The molecule has 0 aliphatic rings. The molecule has 0 saturated heterocycles. The number of nitrogens with two attached hydrogens (primary N) is 1. The Balaban J connectivity index is 2.15. The molecule has 3 aromatic rings. The predicted molar refractivity (Wildman–Crippen MR) is 90.1 cm³/mol. The first-order valence-corrected chi connectivity index (χ1v) is 7.19. The van der Waals surface area contributed by atoms with E-state index >= 15 is 0 Å². The number of aromatic nitrogens is 4. The van der Waals surface area contributed by atoms with Gasteiger partial charge in [-0.25, -0.2) is 15.0 Å². The molecule has 0 unspecified atom stereocenters. The molecular formula is C16H18N6O. The average Bonchev–Trinajstić information content (AvgIpc) is 2.53. The Hall–Kier alpha value is -2.96. The maximum absolute atomic E-state index is 12.2. The standard InChI is InChI=1S/C16H18N6O/c1-16(2,15-18-5-4-6-19-15)21-12-8-13(23)22(3)14-11(12)7-10(17)9-20-14/h4-9,21H,17H2,1-3H3. The summed E-state index contributed by atoms with van der Waals surface area (Å²) in [7, 11) is 1.68. The number of rotatable bonds is 3. The van der Waals surface area contributed by atoms with Crippen molar-refractivity contribution in [2.75, 3.05) is 11.1 Å². The number of nitrogen functional groups attached to an aromatic ring is 1. The summed E-state index contributed by atoms with van der Waals surface area (Å²) in [6.45, 7) is 3.90. The number of anilines is 2. The van der Waals surface area contributed by atoms with Gasteiger partial charge in [-0.1, -0.05) is 0 Å². The molecular weight excluding hydrogens is 292 g/mol. The van der Waals surface area contributed by atoms with Gasteiger partial charge < -0.3 is 11.1 Å². The van der Waals surface area contributed by atoms with Gasteiger partial charge in [0.05, 0.1) is 23.1 Å². The lowest BCUT2D eigenvalue weighted by Gasteiger charge is -2.26. The van der Waals surface area contributed by atoms with E-state index in [2.05, 4.69) is 20.3 Å². The van der Waals surface area contributed by atoms with Crippen molar-refractivity contribution in [3.8, 4) is 0 Å². The highest BCUT2D eigenvalue weighted by atomic mass is 16.1. The van der Waals surface area contributed by atoms with Crippen LogP contribution in [0.2, 0.25) is 0 Å². The third-order valence-corrected chi connectivity index (χ3v) is 3.67.